The van der Waals surface area contributed by atoms with Crippen molar-refractivity contribution in [3.8, 4) is 0 Å². The van der Waals surface area contributed by atoms with Gasteiger partial charge in [0.2, 0.25) is 0 Å². The summed E-state index contributed by atoms with van der Waals surface area (Å²) < 4.78 is 6.54. The van der Waals surface area contributed by atoms with Gasteiger partial charge in [0, 0.05) is 4.83 Å². The van der Waals surface area contributed by atoms with E-state index in [0.29, 0.717) is 17.0 Å². The predicted octanol–water partition coefficient (Wildman–Crippen LogP) is 5.17. The number of hydrogen-bond donors (Lipinski definition) is 0. The largest absolute Gasteiger partial charge is 0.374 e. The second-order valence-electron chi connectivity index (χ2n) is 6.84. The van der Waals surface area contributed by atoms with Gasteiger partial charge in [-0.1, -0.05) is 56.0 Å². The van der Waals surface area contributed by atoms with E-state index in [1.807, 2.05) is 0 Å². The minimum atomic E-state index is 0.468. The number of rotatable bonds is 3. The Balaban J connectivity index is 1.95. The summed E-state index contributed by atoms with van der Waals surface area (Å²) in [6.45, 7) is 7.12. The van der Waals surface area contributed by atoms with Crippen molar-refractivity contribution in [3.63, 3.8) is 0 Å². The van der Waals surface area contributed by atoms with Crippen LogP contribution in [0.25, 0.3) is 0 Å². The lowest BCUT2D eigenvalue weighted by molar-refractivity contribution is -0.0873. The average molecular weight is 317 g/mol. The molecule has 2 aliphatic rings. The standard InChI is InChI=1S/C16H29BrO/c1-11(2)13-9-8-12(3)10-16(13)18-15-7-5-4-6-14(15)17/h11-16H,4-10H2,1-3H3. The molecule has 0 N–H and O–H groups in total. The van der Waals surface area contributed by atoms with Crippen molar-refractivity contribution in [2.75, 3.05) is 0 Å². The molecule has 0 amide bonds. The van der Waals surface area contributed by atoms with Gasteiger partial charge in [0.1, 0.15) is 0 Å². The summed E-state index contributed by atoms with van der Waals surface area (Å²) in [6, 6.07) is 0. The van der Waals surface area contributed by atoms with Crippen molar-refractivity contribution in [3.05, 3.63) is 0 Å². The van der Waals surface area contributed by atoms with Crippen molar-refractivity contribution in [1.29, 1.82) is 0 Å². The third kappa shape index (κ3) is 3.72. The minimum absolute atomic E-state index is 0.468. The lowest BCUT2D eigenvalue weighted by Crippen LogP contribution is -2.40. The Bertz CT molecular complexity index is 253. The Kier molecular flexibility index (Phi) is 5.56. The van der Waals surface area contributed by atoms with E-state index in [1.165, 1.54) is 44.9 Å². The second kappa shape index (κ2) is 6.74. The van der Waals surface area contributed by atoms with Crippen LogP contribution in [0.3, 0.4) is 0 Å². The fourth-order valence-corrected chi connectivity index (χ4v) is 4.41. The number of halogens is 1. The van der Waals surface area contributed by atoms with Crippen LogP contribution in [0, 0.1) is 17.8 Å². The highest BCUT2D eigenvalue weighted by Gasteiger charge is 2.35. The lowest BCUT2D eigenvalue weighted by atomic mass is 9.75. The zero-order valence-electron chi connectivity index (χ0n) is 12.2. The van der Waals surface area contributed by atoms with Gasteiger partial charge in [-0.25, -0.2) is 0 Å². The van der Waals surface area contributed by atoms with Crippen molar-refractivity contribution >= 4 is 15.9 Å². The first kappa shape index (κ1) is 14.8. The summed E-state index contributed by atoms with van der Waals surface area (Å²) in [4.78, 5) is 0.594. The van der Waals surface area contributed by atoms with Gasteiger partial charge in [-0.15, -0.1) is 0 Å². The van der Waals surface area contributed by atoms with Crippen molar-refractivity contribution in [1.82, 2.24) is 0 Å². The van der Waals surface area contributed by atoms with E-state index in [2.05, 4.69) is 36.7 Å². The first-order chi connectivity index (χ1) is 8.58. The van der Waals surface area contributed by atoms with Crippen LogP contribution in [0.4, 0.5) is 0 Å². The molecule has 2 saturated carbocycles. The zero-order valence-corrected chi connectivity index (χ0v) is 13.8. The van der Waals surface area contributed by atoms with E-state index in [0.717, 1.165) is 17.8 Å². The second-order valence-corrected chi connectivity index (χ2v) is 8.02. The molecule has 0 bridgehead atoms. The van der Waals surface area contributed by atoms with Gasteiger partial charge < -0.3 is 4.74 Å². The maximum atomic E-state index is 6.54. The van der Waals surface area contributed by atoms with Gasteiger partial charge in [0.05, 0.1) is 12.2 Å². The van der Waals surface area contributed by atoms with Gasteiger partial charge in [0.15, 0.2) is 0 Å². The van der Waals surface area contributed by atoms with Gasteiger partial charge in [-0.05, 0) is 43.4 Å². The average Bonchev–Trinajstić information content (AvgIpc) is 2.32. The molecule has 0 heterocycles. The normalized spacial score (nSPS) is 42.2. The molecule has 5 unspecified atom stereocenters. The van der Waals surface area contributed by atoms with Gasteiger partial charge in [0.25, 0.3) is 0 Å². The molecular formula is C16H29BrO. The lowest BCUT2D eigenvalue weighted by Gasteiger charge is -2.41. The summed E-state index contributed by atoms with van der Waals surface area (Å²) in [5.41, 5.74) is 0. The fourth-order valence-electron chi connectivity index (χ4n) is 3.70. The Morgan fingerprint density at radius 3 is 2.39 bits per heavy atom. The third-order valence-electron chi connectivity index (χ3n) is 4.93. The van der Waals surface area contributed by atoms with Crippen LogP contribution in [-0.4, -0.2) is 17.0 Å². The third-order valence-corrected chi connectivity index (χ3v) is 5.98. The first-order valence-corrected chi connectivity index (χ1v) is 8.79. The molecular weight excluding hydrogens is 288 g/mol. The molecule has 5 atom stereocenters. The van der Waals surface area contributed by atoms with Crippen LogP contribution in [0.15, 0.2) is 0 Å². The first-order valence-electron chi connectivity index (χ1n) is 7.87. The van der Waals surface area contributed by atoms with Crippen LogP contribution in [0.1, 0.15) is 65.7 Å². The number of ether oxygens (including phenoxy) is 1. The highest BCUT2D eigenvalue weighted by molar-refractivity contribution is 9.09. The molecule has 0 aliphatic heterocycles. The van der Waals surface area contributed by atoms with Crippen LogP contribution < -0.4 is 0 Å². The molecule has 0 aromatic heterocycles. The summed E-state index contributed by atoms with van der Waals surface area (Å²) in [5.74, 6) is 2.39. The van der Waals surface area contributed by atoms with Gasteiger partial charge in [-0.3, -0.25) is 0 Å². The molecule has 2 aliphatic carbocycles. The molecule has 0 radical (unpaired) electrons. The zero-order chi connectivity index (χ0) is 13.1. The maximum Gasteiger partial charge on any atom is 0.0703 e. The Hall–Kier alpha value is 0.440. The SMILES string of the molecule is CC1CCC(C(C)C)C(OC2CCCCC2Br)C1. The van der Waals surface area contributed by atoms with E-state index in [4.69, 9.17) is 4.74 Å². The Morgan fingerprint density at radius 2 is 1.72 bits per heavy atom. The Morgan fingerprint density at radius 1 is 1.00 bits per heavy atom. The smallest absolute Gasteiger partial charge is 0.0703 e. The van der Waals surface area contributed by atoms with Crippen LogP contribution in [0.5, 0.6) is 0 Å². The fraction of sp³-hybridized carbons (Fsp3) is 1.00. The van der Waals surface area contributed by atoms with Gasteiger partial charge in [-0.2, -0.15) is 0 Å². The highest BCUT2D eigenvalue weighted by Crippen LogP contribution is 2.38. The van der Waals surface area contributed by atoms with E-state index in [9.17, 15) is 0 Å². The molecule has 0 spiro atoms. The number of hydrogen-bond acceptors (Lipinski definition) is 1. The molecule has 1 nitrogen and oxygen atoms in total. The maximum absolute atomic E-state index is 6.54. The topological polar surface area (TPSA) is 9.23 Å². The van der Waals surface area contributed by atoms with Crippen LogP contribution in [-0.2, 0) is 4.74 Å². The summed E-state index contributed by atoms with van der Waals surface area (Å²) in [6.07, 6.45) is 10.3. The quantitative estimate of drug-likeness (QED) is 0.653. The van der Waals surface area contributed by atoms with E-state index < -0.39 is 0 Å². The van der Waals surface area contributed by atoms with Crippen molar-refractivity contribution in [2.45, 2.75) is 82.8 Å². The summed E-state index contributed by atoms with van der Waals surface area (Å²) >= 11 is 3.83. The molecule has 18 heavy (non-hydrogen) atoms. The van der Waals surface area contributed by atoms with Crippen LogP contribution >= 0.6 is 15.9 Å². The summed E-state index contributed by atoms with van der Waals surface area (Å²) in [5, 5.41) is 0. The monoisotopic (exact) mass is 316 g/mol. The molecule has 106 valence electrons. The molecule has 2 fully saturated rings. The molecule has 2 heteroatoms. The van der Waals surface area contributed by atoms with Crippen LogP contribution in [0.2, 0.25) is 0 Å². The Labute approximate surface area is 121 Å². The highest BCUT2D eigenvalue weighted by atomic mass is 79.9. The van der Waals surface area contributed by atoms with E-state index in [1.54, 1.807) is 0 Å². The van der Waals surface area contributed by atoms with Gasteiger partial charge >= 0.3 is 0 Å². The van der Waals surface area contributed by atoms with E-state index in [-0.39, 0.29) is 0 Å². The molecule has 2 rings (SSSR count). The van der Waals surface area contributed by atoms with E-state index >= 15 is 0 Å². The summed E-state index contributed by atoms with van der Waals surface area (Å²) in [7, 11) is 0. The predicted molar refractivity (Wildman–Crippen MR) is 81.2 cm³/mol. The molecule has 0 aromatic carbocycles. The number of alkyl halides is 1. The minimum Gasteiger partial charge on any atom is -0.374 e. The molecule has 0 aromatic rings. The molecule has 0 saturated heterocycles. The van der Waals surface area contributed by atoms with Crippen molar-refractivity contribution in [2.24, 2.45) is 17.8 Å². The van der Waals surface area contributed by atoms with Crippen molar-refractivity contribution < 1.29 is 4.74 Å².